The minimum Gasteiger partial charge on any atom is -0.495 e. The molecule has 0 spiro atoms. The van der Waals surface area contributed by atoms with Gasteiger partial charge < -0.3 is 14.8 Å². The molecule has 3 rings (SSSR count). The van der Waals surface area contributed by atoms with E-state index in [1.165, 1.54) is 35.7 Å². The summed E-state index contributed by atoms with van der Waals surface area (Å²) in [5.74, 6) is -0.904. The first-order chi connectivity index (χ1) is 15.7. The Morgan fingerprint density at radius 3 is 2.30 bits per heavy atom. The van der Waals surface area contributed by atoms with Gasteiger partial charge in [-0.2, -0.15) is 4.31 Å². The summed E-state index contributed by atoms with van der Waals surface area (Å²) in [4.78, 5) is 24.7. The number of carbonyl (C=O) groups excluding carboxylic acids is 2. The van der Waals surface area contributed by atoms with Gasteiger partial charge in [0.2, 0.25) is 10.0 Å². The standard InChI is InChI=1S/C23H27ClN2O6S/c1-16-13-20(21(31-2)14-19(16)24)25-22(27)15-32-23(28)17-7-9-18(10-8-17)33(29,30)26-11-5-3-4-6-12-26/h7-10,13-14H,3-6,11-12,15H2,1-2H3,(H,25,27). The van der Waals surface area contributed by atoms with Crippen molar-refractivity contribution >= 4 is 39.2 Å². The number of aryl methyl sites for hydroxylation is 1. The van der Waals surface area contributed by atoms with Crippen LogP contribution in [-0.4, -0.2) is 51.4 Å². The normalized spacial score (nSPS) is 14.9. The van der Waals surface area contributed by atoms with E-state index in [1.807, 2.05) is 0 Å². The van der Waals surface area contributed by atoms with E-state index in [-0.39, 0.29) is 10.5 Å². The first-order valence-electron chi connectivity index (χ1n) is 10.6. The van der Waals surface area contributed by atoms with Gasteiger partial charge in [0.25, 0.3) is 5.91 Å². The van der Waals surface area contributed by atoms with Crippen LogP contribution in [0.3, 0.4) is 0 Å². The van der Waals surface area contributed by atoms with Crippen molar-refractivity contribution in [3.63, 3.8) is 0 Å². The number of benzene rings is 2. The summed E-state index contributed by atoms with van der Waals surface area (Å²) in [6, 6.07) is 8.79. The second-order valence-electron chi connectivity index (χ2n) is 7.77. The van der Waals surface area contributed by atoms with Crippen LogP contribution in [0.4, 0.5) is 5.69 Å². The van der Waals surface area contributed by atoms with E-state index < -0.39 is 28.5 Å². The number of ether oxygens (including phenoxy) is 2. The molecule has 2 aromatic carbocycles. The Morgan fingerprint density at radius 1 is 1.06 bits per heavy atom. The van der Waals surface area contributed by atoms with Crippen LogP contribution in [0.25, 0.3) is 0 Å². The molecule has 178 valence electrons. The van der Waals surface area contributed by atoms with Crippen LogP contribution in [0.1, 0.15) is 41.6 Å². The fourth-order valence-corrected chi connectivity index (χ4v) is 5.20. The zero-order chi connectivity index (χ0) is 24.0. The first-order valence-corrected chi connectivity index (χ1v) is 12.5. The second-order valence-corrected chi connectivity index (χ2v) is 10.1. The van der Waals surface area contributed by atoms with Crippen LogP contribution < -0.4 is 10.1 Å². The number of esters is 1. The average molecular weight is 495 g/mol. The SMILES string of the molecule is COc1cc(Cl)c(C)cc1NC(=O)COC(=O)c1ccc(S(=O)(=O)N2CCCCCC2)cc1. The number of anilines is 1. The number of halogens is 1. The molecule has 0 aromatic heterocycles. The number of hydrogen-bond acceptors (Lipinski definition) is 6. The number of nitrogens with zero attached hydrogens (tertiary/aromatic N) is 1. The van der Waals surface area contributed by atoms with Crippen molar-refractivity contribution in [2.45, 2.75) is 37.5 Å². The van der Waals surface area contributed by atoms with Gasteiger partial charge in [-0.05, 0) is 55.7 Å². The Hall–Kier alpha value is -2.62. The predicted octanol–water partition coefficient (Wildman–Crippen LogP) is 4.02. The smallest absolute Gasteiger partial charge is 0.338 e. The number of methoxy groups -OCH3 is 1. The van der Waals surface area contributed by atoms with E-state index in [2.05, 4.69) is 5.32 Å². The van der Waals surface area contributed by atoms with Crippen molar-refractivity contribution in [1.29, 1.82) is 0 Å². The molecule has 10 heteroatoms. The lowest BCUT2D eigenvalue weighted by molar-refractivity contribution is -0.119. The van der Waals surface area contributed by atoms with Gasteiger partial charge in [-0.3, -0.25) is 4.79 Å². The second kappa shape index (κ2) is 11.0. The molecular weight excluding hydrogens is 468 g/mol. The Balaban J connectivity index is 1.60. The molecule has 0 atom stereocenters. The third-order valence-corrected chi connectivity index (χ3v) is 7.70. The summed E-state index contributed by atoms with van der Waals surface area (Å²) < 4.78 is 37.5. The molecule has 0 saturated carbocycles. The van der Waals surface area contributed by atoms with Gasteiger partial charge in [0, 0.05) is 24.2 Å². The van der Waals surface area contributed by atoms with Crippen LogP contribution in [0.15, 0.2) is 41.3 Å². The Kier molecular flexibility index (Phi) is 8.34. The topological polar surface area (TPSA) is 102 Å². The molecule has 2 aromatic rings. The molecule has 1 heterocycles. The molecule has 0 aliphatic carbocycles. The lowest BCUT2D eigenvalue weighted by Gasteiger charge is -2.20. The quantitative estimate of drug-likeness (QED) is 0.583. The summed E-state index contributed by atoms with van der Waals surface area (Å²) in [5, 5.41) is 3.12. The van der Waals surface area contributed by atoms with Gasteiger partial charge in [-0.25, -0.2) is 13.2 Å². The van der Waals surface area contributed by atoms with E-state index in [4.69, 9.17) is 21.1 Å². The van der Waals surface area contributed by atoms with Gasteiger partial charge in [0.1, 0.15) is 5.75 Å². The summed E-state index contributed by atoms with van der Waals surface area (Å²) >= 11 is 6.06. The first kappa shape index (κ1) is 25.0. The van der Waals surface area contributed by atoms with Crippen molar-refractivity contribution in [1.82, 2.24) is 4.31 Å². The van der Waals surface area contributed by atoms with Gasteiger partial charge in [-0.1, -0.05) is 24.4 Å². The van der Waals surface area contributed by atoms with E-state index >= 15 is 0 Å². The third-order valence-electron chi connectivity index (χ3n) is 5.38. The molecule has 8 nitrogen and oxygen atoms in total. The Labute approximate surface area is 198 Å². The van der Waals surface area contributed by atoms with Crippen LogP contribution >= 0.6 is 11.6 Å². The highest BCUT2D eigenvalue weighted by molar-refractivity contribution is 7.89. The molecule has 1 aliphatic rings. The average Bonchev–Trinajstić information content (AvgIpc) is 3.10. The molecular formula is C23H27ClN2O6S. The zero-order valence-electron chi connectivity index (χ0n) is 18.6. The number of rotatable bonds is 7. The molecule has 33 heavy (non-hydrogen) atoms. The lowest BCUT2D eigenvalue weighted by atomic mass is 10.2. The van der Waals surface area contributed by atoms with Crippen molar-refractivity contribution in [2.24, 2.45) is 0 Å². The molecule has 1 amide bonds. The summed E-state index contributed by atoms with van der Waals surface area (Å²) in [5.41, 5.74) is 1.31. The van der Waals surface area contributed by atoms with Crippen molar-refractivity contribution < 1.29 is 27.5 Å². The van der Waals surface area contributed by atoms with E-state index in [0.717, 1.165) is 31.2 Å². The molecule has 0 unspecified atom stereocenters. The van der Waals surface area contributed by atoms with Crippen LogP contribution in [0.2, 0.25) is 5.02 Å². The molecule has 1 fully saturated rings. The number of sulfonamides is 1. The fraction of sp³-hybridized carbons (Fsp3) is 0.391. The van der Waals surface area contributed by atoms with Crippen LogP contribution in [0.5, 0.6) is 5.75 Å². The molecule has 0 radical (unpaired) electrons. The summed E-state index contributed by atoms with van der Waals surface area (Å²) in [7, 11) is -2.15. The highest BCUT2D eigenvalue weighted by Gasteiger charge is 2.25. The fourth-order valence-electron chi connectivity index (χ4n) is 3.52. The third kappa shape index (κ3) is 6.25. The molecule has 0 bridgehead atoms. The van der Waals surface area contributed by atoms with E-state index in [0.29, 0.717) is 29.5 Å². The van der Waals surface area contributed by atoms with E-state index in [1.54, 1.807) is 19.1 Å². The summed E-state index contributed by atoms with van der Waals surface area (Å²) in [6.45, 7) is 2.27. The van der Waals surface area contributed by atoms with Crippen molar-refractivity contribution in [3.8, 4) is 5.75 Å². The maximum Gasteiger partial charge on any atom is 0.338 e. The van der Waals surface area contributed by atoms with E-state index in [9.17, 15) is 18.0 Å². The molecule has 1 saturated heterocycles. The van der Waals surface area contributed by atoms with Crippen molar-refractivity contribution in [2.75, 3.05) is 32.1 Å². The van der Waals surface area contributed by atoms with Gasteiger partial charge in [0.05, 0.1) is 23.3 Å². The van der Waals surface area contributed by atoms with Crippen LogP contribution in [0, 0.1) is 6.92 Å². The molecule has 1 N–H and O–H groups in total. The maximum absolute atomic E-state index is 12.8. The van der Waals surface area contributed by atoms with Gasteiger partial charge in [0.15, 0.2) is 6.61 Å². The predicted molar refractivity (Wildman–Crippen MR) is 125 cm³/mol. The highest BCUT2D eigenvalue weighted by Crippen LogP contribution is 2.31. The Bertz CT molecular complexity index is 1110. The highest BCUT2D eigenvalue weighted by atomic mass is 35.5. The Morgan fingerprint density at radius 2 is 1.70 bits per heavy atom. The number of amides is 1. The number of nitrogens with one attached hydrogen (secondary N) is 1. The summed E-state index contributed by atoms with van der Waals surface area (Å²) in [6.07, 6.45) is 3.73. The minimum absolute atomic E-state index is 0.129. The zero-order valence-corrected chi connectivity index (χ0v) is 20.2. The van der Waals surface area contributed by atoms with Gasteiger partial charge >= 0.3 is 5.97 Å². The largest absolute Gasteiger partial charge is 0.495 e. The van der Waals surface area contributed by atoms with Crippen molar-refractivity contribution in [3.05, 3.63) is 52.5 Å². The maximum atomic E-state index is 12.8. The van der Waals surface area contributed by atoms with Crippen LogP contribution in [-0.2, 0) is 19.6 Å². The minimum atomic E-state index is -3.61. The monoisotopic (exact) mass is 494 g/mol. The number of hydrogen-bond donors (Lipinski definition) is 1. The molecule has 1 aliphatic heterocycles. The number of carbonyl (C=O) groups is 2. The van der Waals surface area contributed by atoms with Gasteiger partial charge in [-0.15, -0.1) is 0 Å². The lowest BCUT2D eigenvalue weighted by Crippen LogP contribution is -2.31.